The number of amides is 1. The number of sulfonamides is 2. The molecular weight excluding hydrogens is 466 g/mol. The van der Waals surface area contributed by atoms with Crippen molar-refractivity contribution in [2.24, 2.45) is 0 Å². The van der Waals surface area contributed by atoms with E-state index in [0.29, 0.717) is 28.4 Å². The highest BCUT2D eigenvalue weighted by molar-refractivity contribution is 7.92. The molecule has 0 aliphatic heterocycles. The fourth-order valence-electron chi connectivity index (χ4n) is 2.89. The highest BCUT2D eigenvalue weighted by Gasteiger charge is 2.17. The number of hydrogen-bond donors (Lipinski definition) is 3. The number of nitrogens with one attached hydrogen (secondary N) is 3. The number of hydrogen-bond acceptors (Lipinski definition) is 6. The van der Waals surface area contributed by atoms with Crippen LogP contribution in [0.1, 0.15) is 15.9 Å². The molecule has 0 aliphatic carbocycles. The molecule has 0 saturated carbocycles. The maximum absolute atomic E-state index is 12.8. The fourth-order valence-corrected chi connectivity index (χ4v) is 4.61. The maximum Gasteiger partial charge on any atom is 0.261 e. The lowest BCUT2D eigenvalue weighted by atomic mass is 10.1. The summed E-state index contributed by atoms with van der Waals surface area (Å²) < 4.78 is 58.5. The Morgan fingerprint density at radius 1 is 0.848 bits per heavy atom. The Labute approximate surface area is 192 Å². The highest BCUT2D eigenvalue weighted by Crippen LogP contribution is 2.23. The van der Waals surface area contributed by atoms with E-state index < -0.39 is 26.0 Å². The van der Waals surface area contributed by atoms with Crippen LogP contribution in [0, 0.1) is 6.92 Å². The average Bonchev–Trinajstić information content (AvgIpc) is 2.75. The lowest BCUT2D eigenvalue weighted by molar-refractivity contribution is 0.102. The van der Waals surface area contributed by atoms with Gasteiger partial charge < -0.3 is 10.1 Å². The second kappa shape index (κ2) is 9.51. The van der Waals surface area contributed by atoms with Gasteiger partial charge in [0.15, 0.2) is 0 Å². The minimum Gasteiger partial charge on any atom is -0.497 e. The molecule has 0 saturated heterocycles. The van der Waals surface area contributed by atoms with E-state index in [-0.39, 0.29) is 10.5 Å². The number of rotatable bonds is 8. The molecule has 0 spiro atoms. The lowest BCUT2D eigenvalue weighted by Crippen LogP contribution is -2.16. The third-order valence-electron chi connectivity index (χ3n) is 4.54. The molecule has 11 heteroatoms. The molecule has 0 fully saturated rings. The smallest absolute Gasteiger partial charge is 0.261 e. The van der Waals surface area contributed by atoms with Crippen LogP contribution in [0.3, 0.4) is 0 Å². The monoisotopic (exact) mass is 489 g/mol. The molecule has 0 atom stereocenters. The Balaban J connectivity index is 1.80. The molecule has 3 N–H and O–H groups in total. The van der Waals surface area contributed by atoms with Crippen LogP contribution in [0.25, 0.3) is 0 Å². The molecule has 174 valence electrons. The number of carbonyl (C=O) groups is 1. The third-order valence-corrected chi connectivity index (χ3v) is 6.51. The van der Waals surface area contributed by atoms with Gasteiger partial charge in [0.25, 0.3) is 15.9 Å². The molecule has 3 rings (SSSR count). The van der Waals surface area contributed by atoms with Gasteiger partial charge in [0.2, 0.25) is 10.0 Å². The van der Waals surface area contributed by atoms with Gasteiger partial charge in [-0.15, -0.1) is 0 Å². The molecule has 33 heavy (non-hydrogen) atoms. The van der Waals surface area contributed by atoms with Gasteiger partial charge in [0, 0.05) is 16.9 Å². The van der Waals surface area contributed by atoms with E-state index in [1.54, 1.807) is 43.3 Å². The molecule has 9 nitrogen and oxygen atoms in total. The predicted molar refractivity (Wildman–Crippen MR) is 128 cm³/mol. The molecule has 0 bridgehead atoms. The van der Waals surface area contributed by atoms with Crippen molar-refractivity contribution in [1.82, 2.24) is 0 Å². The normalized spacial score (nSPS) is 11.5. The molecule has 0 aliphatic rings. The number of anilines is 3. The van der Waals surface area contributed by atoms with Gasteiger partial charge in [0.1, 0.15) is 5.75 Å². The van der Waals surface area contributed by atoms with Crippen LogP contribution in [0.5, 0.6) is 5.75 Å². The number of ether oxygens (including phenoxy) is 1. The van der Waals surface area contributed by atoms with E-state index >= 15 is 0 Å². The Morgan fingerprint density at radius 3 is 2.15 bits per heavy atom. The van der Waals surface area contributed by atoms with Crippen LogP contribution in [-0.4, -0.2) is 36.1 Å². The van der Waals surface area contributed by atoms with Crippen molar-refractivity contribution in [3.63, 3.8) is 0 Å². The molecule has 0 aromatic heterocycles. The Kier molecular flexibility index (Phi) is 6.94. The second-order valence-corrected chi connectivity index (χ2v) is 10.7. The Bertz CT molecular complexity index is 1390. The van der Waals surface area contributed by atoms with E-state index in [4.69, 9.17) is 4.74 Å². The Morgan fingerprint density at radius 2 is 1.52 bits per heavy atom. The van der Waals surface area contributed by atoms with Crippen molar-refractivity contribution in [1.29, 1.82) is 0 Å². The van der Waals surface area contributed by atoms with Gasteiger partial charge in [-0.3, -0.25) is 14.2 Å². The van der Waals surface area contributed by atoms with Crippen LogP contribution < -0.4 is 19.5 Å². The molecule has 3 aromatic rings. The predicted octanol–water partition coefficient (Wildman–Crippen LogP) is 3.43. The topological polar surface area (TPSA) is 131 Å². The summed E-state index contributed by atoms with van der Waals surface area (Å²) >= 11 is 0. The summed E-state index contributed by atoms with van der Waals surface area (Å²) in [5.41, 5.74) is 1.81. The van der Waals surface area contributed by atoms with Gasteiger partial charge >= 0.3 is 0 Å². The van der Waals surface area contributed by atoms with Crippen molar-refractivity contribution >= 4 is 43.0 Å². The van der Waals surface area contributed by atoms with Gasteiger partial charge in [-0.1, -0.05) is 12.1 Å². The largest absolute Gasteiger partial charge is 0.497 e. The van der Waals surface area contributed by atoms with Gasteiger partial charge in [0.05, 0.1) is 23.9 Å². The number of aryl methyl sites for hydroxylation is 1. The zero-order valence-corrected chi connectivity index (χ0v) is 19.7. The third kappa shape index (κ3) is 6.46. The lowest BCUT2D eigenvalue weighted by Gasteiger charge is -2.12. The van der Waals surface area contributed by atoms with Crippen LogP contribution in [0.15, 0.2) is 71.6 Å². The van der Waals surface area contributed by atoms with E-state index in [0.717, 1.165) is 6.26 Å². The van der Waals surface area contributed by atoms with Gasteiger partial charge in [-0.25, -0.2) is 16.8 Å². The van der Waals surface area contributed by atoms with E-state index in [1.165, 1.54) is 37.4 Å². The first-order valence-corrected chi connectivity index (χ1v) is 13.0. The molecular formula is C22H23N3O6S2. The first kappa shape index (κ1) is 24.1. The van der Waals surface area contributed by atoms with Crippen molar-refractivity contribution in [3.8, 4) is 5.75 Å². The Hall–Kier alpha value is -3.57. The fraction of sp³-hybridized carbons (Fsp3) is 0.136. The summed E-state index contributed by atoms with van der Waals surface area (Å²) in [7, 11) is -5.92. The molecule has 3 aromatic carbocycles. The van der Waals surface area contributed by atoms with E-state index in [2.05, 4.69) is 14.8 Å². The molecule has 0 radical (unpaired) electrons. The van der Waals surface area contributed by atoms with Crippen molar-refractivity contribution in [2.45, 2.75) is 11.8 Å². The van der Waals surface area contributed by atoms with Crippen molar-refractivity contribution in [3.05, 3.63) is 77.9 Å². The van der Waals surface area contributed by atoms with Gasteiger partial charge in [-0.05, 0) is 67.1 Å². The summed E-state index contributed by atoms with van der Waals surface area (Å²) in [6, 6.07) is 16.7. The van der Waals surface area contributed by atoms with Crippen LogP contribution in [0.4, 0.5) is 17.1 Å². The van der Waals surface area contributed by atoms with Crippen LogP contribution in [0.2, 0.25) is 0 Å². The van der Waals surface area contributed by atoms with E-state index in [9.17, 15) is 21.6 Å². The zero-order valence-electron chi connectivity index (χ0n) is 18.1. The summed E-state index contributed by atoms with van der Waals surface area (Å²) in [6.07, 6.45) is 1.03. The SMILES string of the molecule is COc1ccc(NS(=O)(=O)c2cccc(C(=O)Nc3ccc(C)c(NS(C)(=O)=O)c3)c2)cc1. The summed E-state index contributed by atoms with van der Waals surface area (Å²) in [6.45, 7) is 1.73. The zero-order chi connectivity index (χ0) is 24.2. The summed E-state index contributed by atoms with van der Waals surface area (Å²) in [4.78, 5) is 12.6. The molecule has 1 amide bonds. The quantitative estimate of drug-likeness (QED) is 0.444. The van der Waals surface area contributed by atoms with Crippen LogP contribution in [-0.2, 0) is 20.0 Å². The number of benzene rings is 3. The number of methoxy groups -OCH3 is 1. The molecule has 0 unspecified atom stereocenters. The first-order chi connectivity index (χ1) is 15.5. The second-order valence-electron chi connectivity index (χ2n) is 7.22. The van der Waals surface area contributed by atoms with Crippen molar-refractivity contribution in [2.75, 3.05) is 28.1 Å². The van der Waals surface area contributed by atoms with Crippen LogP contribution >= 0.6 is 0 Å². The average molecular weight is 490 g/mol. The highest BCUT2D eigenvalue weighted by atomic mass is 32.2. The van der Waals surface area contributed by atoms with Crippen molar-refractivity contribution < 1.29 is 26.4 Å². The minimum absolute atomic E-state index is 0.0886. The summed E-state index contributed by atoms with van der Waals surface area (Å²) in [5.74, 6) is 0.0354. The number of carbonyl (C=O) groups excluding carboxylic acids is 1. The van der Waals surface area contributed by atoms with Gasteiger partial charge in [-0.2, -0.15) is 0 Å². The summed E-state index contributed by atoms with van der Waals surface area (Å²) in [5, 5.41) is 2.65. The van der Waals surface area contributed by atoms with E-state index in [1.807, 2.05) is 0 Å². The maximum atomic E-state index is 12.8. The minimum atomic E-state index is -3.94. The standard InChI is InChI=1S/C22H23N3O6S2/c1-15-7-8-18(14-21(15)25-32(3,27)28)23-22(26)16-5-4-6-20(13-16)33(29,30)24-17-9-11-19(31-2)12-10-17/h4-14,24-25H,1-3H3,(H,23,26). The first-order valence-electron chi connectivity index (χ1n) is 9.63. The molecule has 0 heterocycles.